The van der Waals surface area contributed by atoms with Crippen molar-refractivity contribution < 1.29 is 4.39 Å². The lowest BCUT2D eigenvalue weighted by molar-refractivity contribution is 0.627. The number of hydrogen-bond donors (Lipinski definition) is 1. The lowest BCUT2D eigenvalue weighted by Crippen LogP contribution is -2.17. The summed E-state index contributed by atoms with van der Waals surface area (Å²) in [5.74, 6) is 0.364. The predicted molar refractivity (Wildman–Crippen MR) is 110 cm³/mol. The van der Waals surface area contributed by atoms with Gasteiger partial charge in [0.15, 0.2) is 5.82 Å². The van der Waals surface area contributed by atoms with Gasteiger partial charge in [-0.2, -0.15) is 20.1 Å². The van der Waals surface area contributed by atoms with Crippen LogP contribution in [-0.4, -0.2) is 34.7 Å². The van der Waals surface area contributed by atoms with Crippen LogP contribution >= 0.6 is 12.2 Å². The number of aromatic nitrogens is 3. The molecule has 28 heavy (non-hydrogen) atoms. The van der Waals surface area contributed by atoms with Crippen LogP contribution in [0.3, 0.4) is 0 Å². The maximum atomic E-state index is 13.1. The van der Waals surface area contributed by atoms with Gasteiger partial charge in [-0.1, -0.05) is 24.3 Å². The lowest BCUT2D eigenvalue weighted by Gasteiger charge is -2.17. The SMILES string of the molecule is CN(CCC#N)c1ccc(/C=N\n2c(Cc3ccc(F)cc3)n[nH]c2=S)cc1. The molecule has 0 aliphatic heterocycles. The number of hydrogen-bond acceptors (Lipinski definition) is 5. The van der Waals surface area contributed by atoms with Crippen LogP contribution < -0.4 is 4.90 Å². The highest BCUT2D eigenvalue weighted by molar-refractivity contribution is 7.71. The quantitative estimate of drug-likeness (QED) is 0.487. The first-order valence-corrected chi connectivity index (χ1v) is 9.11. The van der Waals surface area contributed by atoms with Crippen LogP contribution in [0.25, 0.3) is 0 Å². The number of nitriles is 1. The summed E-state index contributed by atoms with van der Waals surface area (Å²) in [5, 5.41) is 20.1. The van der Waals surface area contributed by atoms with Gasteiger partial charge in [-0.3, -0.25) is 5.10 Å². The summed E-state index contributed by atoms with van der Waals surface area (Å²) in [7, 11) is 1.95. The highest BCUT2D eigenvalue weighted by Crippen LogP contribution is 2.14. The maximum Gasteiger partial charge on any atom is 0.216 e. The first-order valence-electron chi connectivity index (χ1n) is 8.70. The Labute approximate surface area is 167 Å². The van der Waals surface area contributed by atoms with Gasteiger partial charge in [-0.05, 0) is 47.6 Å². The van der Waals surface area contributed by atoms with E-state index in [0.29, 0.717) is 30.0 Å². The number of benzene rings is 2. The molecule has 1 heterocycles. The number of rotatable bonds is 7. The monoisotopic (exact) mass is 394 g/mol. The van der Waals surface area contributed by atoms with Gasteiger partial charge in [0.05, 0.1) is 18.7 Å². The van der Waals surface area contributed by atoms with Gasteiger partial charge in [0.2, 0.25) is 4.77 Å². The summed E-state index contributed by atoms with van der Waals surface area (Å²) < 4.78 is 15.0. The zero-order chi connectivity index (χ0) is 19.9. The van der Waals surface area contributed by atoms with Crippen molar-refractivity contribution in [2.24, 2.45) is 5.10 Å². The van der Waals surface area contributed by atoms with Crippen LogP contribution in [0.4, 0.5) is 10.1 Å². The van der Waals surface area contributed by atoms with Crippen LogP contribution in [0.2, 0.25) is 0 Å². The molecule has 0 aliphatic rings. The smallest absolute Gasteiger partial charge is 0.216 e. The standard InChI is InChI=1S/C20H19FN6S/c1-26(12-2-11-22)18-9-5-16(6-10-18)14-23-27-19(24-25-20(27)28)13-15-3-7-17(21)8-4-15/h3-10,14H,2,12-13H2,1H3,(H,25,28)/b23-14-. The average Bonchev–Trinajstić information content (AvgIpc) is 3.06. The summed E-state index contributed by atoms with van der Waals surface area (Å²) in [6.45, 7) is 0.681. The van der Waals surface area contributed by atoms with E-state index >= 15 is 0 Å². The molecule has 0 saturated carbocycles. The summed E-state index contributed by atoms with van der Waals surface area (Å²) in [4.78, 5) is 2.02. The van der Waals surface area contributed by atoms with Gasteiger partial charge in [0.25, 0.3) is 0 Å². The molecular weight excluding hydrogens is 375 g/mol. The van der Waals surface area contributed by atoms with Crippen molar-refractivity contribution in [3.63, 3.8) is 0 Å². The number of aromatic amines is 1. The molecular formula is C20H19FN6S. The molecule has 2 aromatic carbocycles. The summed E-state index contributed by atoms with van der Waals surface area (Å²) in [6, 6.07) is 16.3. The topological polar surface area (TPSA) is 73.0 Å². The van der Waals surface area contributed by atoms with Gasteiger partial charge in [-0.15, -0.1) is 0 Å². The Morgan fingerprint density at radius 1 is 1.25 bits per heavy atom. The van der Waals surface area contributed by atoms with Crippen molar-refractivity contribution in [3.05, 3.63) is 76.1 Å². The Morgan fingerprint density at radius 2 is 1.96 bits per heavy atom. The predicted octanol–water partition coefficient (Wildman–Crippen LogP) is 3.90. The van der Waals surface area contributed by atoms with Gasteiger partial charge in [0.1, 0.15) is 5.82 Å². The fourth-order valence-corrected chi connectivity index (χ4v) is 2.83. The van der Waals surface area contributed by atoms with Gasteiger partial charge in [-0.25, -0.2) is 4.39 Å². The average molecular weight is 394 g/mol. The van der Waals surface area contributed by atoms with Crippen LogP contribution in [0.15, 0.2) is 53.6 Å². The fraction of sp³-hybridized carbons (Fsp3) is 0.200. The Balaban J connectivity index is 1.74. The zero-order valence-electron chi connectivity index (χ0n) is 15.3. The molecule has 0 bridgehead atoms. The molecule has 0 aliphatic carbocycles. The first kappa shape index (κ1) is 19.5. The minimum atomic E-state index is -0.276. The number of nitrogens with one attached hydrogen (secondary N) is 1. The van der Waals surface area contributed by atoms with Crippen molar-refractivity contribution in [1.82, 2.24) is 14.9 Å². The van der Waals surface area contributed by atoms with E-state index in [-0.39, 0.29) is 5.82 Å². The number of H-pyrrole nitrogens is 1. The molecule has 0 amide bonds. The number of nitrogens with zero attached hydrogens (tertiary/aromatic N) is 5. The Hall–Kier alpha value is -3.31. The van der Waals surface area contributed by atoms with Crippen molar-refractivity contribution in [3.8, 4) is 6.07 Å². The largest absolute Gasteiger partial charge is 0.374 e. The van der Waals surface area contributed by atoms with Gasteiger partial charge >= 0.3 is 0 Å². The molecule has 6 nitrogen and oxygen atoms in total. The van der Waals surface area contributed by atoms with Crippen LogP contribution in [0.1, 0.15) is 23.4 Å². The van der Waals surface area contributed by atoms with E-state index in [2.05, 4.69) is 21.4 Å². The normalized spacial score (nSPS) is 10.9. The molecule has 0 fully saturated rings. The first-order chi connectivity index (χ1) is 13.6. The van der Waals surface area contributed by atoms with E-state index in [4.69, 9.17) is 17.5 Å². The third-order valence-corrected chi connectivity index (χ3v) is 4.47. The summed E-state index contributed by atoms with van der Waals surface area (Å²) in [6.07, 6.45) is 2.67. The van der Waals surface area contributed by atoms with Crippen LogP contribution in [0, 0.1) is 21.9 Å². The summed E-state index contributed by atoms with van der Waals surface area (Å²) in [5.41, 5.74) is 2.86. The van der Waals surface area contributed by atoms with E-state index in [9.17, 15) is 4.39 Å². The van der Waals surface area contributed by atoms with Crippen LogP contribution in [-0.2, 0) is 6.42 Å². The minimum absolute atomic E-state index is 0.276. The van der Waals surface area contributed by atoms with E-state index in [0.717, 1.165) is 16.8 Å². The summed E-state index contributed by atoms with van der Waals surface area (Å²) >= 11 is 5.26. The molecule has 0 unspecified atom stereocenters. The van der Waals surface area contributed by atoms with Gasteiger partial charge in [0, 0.05) is 25.7 Å². The molecule has 3 aromatic rings. The van der Waals surface area contributed by atoms with Crippen LogP contribution in [0.5, 0.6) is 0 Å². The molecule has 142 valence electrons. The second kappa shape index (κ2) is 9.06. The zero-order valence-corrected chi connectivity index (χ0v) is 16.2. The molecule has 0 atom stereocenters. The Bertz CT molecular complexity index is 1040. The van der Waals surface area contributed by atoms with Crippen molar-refractivity contribution in [1.29, 1.82) is 5.26 Å². The fourth-order valence-electron chi connectivity index (χ4n) is 2.63. The Kier molecular flexibility index (Phi) is 6.29. The second-order valence-corrected chi connectivity index (χ2v) is 6.61. The van der Waals surface area contributed by atoms with Gasteiger partial charge < -0.3 is 4.90 Å². The number of anilines is 1. The molecule has 0 radical (unpaired) electrons. The number of halogens is 1. The minimum Gasteiger partial charge on any atom is -0.374 e. The Morgan fingerprint density at radius 3 is 2.64 bits per heavy atom. The second-order valence-electron chi connectivity index (χ2n) is 6.23. The highest BCUT2D eigenvalue weighted by atomic mass is 32.1. The molecule has 1 N–H and O–H groups in total. The molecule has 1 aromatic heterocycles. The third kappa shape index (κ3) is 4.90. The van der Waals surface area contributed by atoms with Crippen molar-refractivity contribution in [2.45, 2.75) is 12.8 Å². The molecule has 8 heteroatoms. The van der Waals surface area contributed by atoms with E-state index in [1.54, 1.807) is 23.0 Å². The van der Waals surface area contributed by atoms with E-state index in [1.807, 2.05) is 36.2 Å². The van der Waals surface area contributed by atoms with E-state index < -0.39 is 0 Å². The maximum absolute atomic E-state index is 13.1. The molecule has 0 spiro atoms. The third-order valence-electron chi connectivity index (χ3n) is 4.21. The lowest BCUT2D eigenvalue weighted by atomic mass is 10.1. The molecule has 0 saturated heterocycles. The van der Waals surface area contributed by atoms with Crippen molar-refractivity contribution in [2.75, 3.05) is 18.5 Å². The molecule has 3 rings (SSSR count). The van der Waals surface area contributed by atoms with Crippen molar-refractivity contribution >= 4 is 24.1 Å². The highest BCUT2D eigenvalue weighted by Gasteiger charge is 2.07. The van der Waals surface area contributed by atoms with E-state index in [1.165, 1.54) is 12.1 Å².